The van der Waals surface area contributed by atoms with Crippen LogP contribution < -0.4 is 5.32 Å². The molecule has 0 saturated carbocycles. The van der Waals surface area contributed by atoms with E-state index in [2.05, 4.69) is 11.9 Å². The lowest BCUT2D eigenvalue weighted by atomic mass is 9.89. The Hall–Kier alpha value is -2.10. The molecule has 21 heavy (non-hydrogen) atoms. The molecule has 1 N–H and O–H groups in total. The summed E-state index contributed by atoms with van der Waals surface area (Å²) in [5, 5.41) is 2.88. The second kappa shape index (κ2) is 6.12. The van der Waals surface area contributed by atoms with Crippen molar-refractivity contribution in [2.75, 3.05) is 6.54 Å². The van der Waals surface area contributed by atoms with E-state index in [0.717, 1.165) is 5.56 Å². The van der Waals surface area contributed by atoms with Gasteiger partial charge in [0.25, 0.3) is 0 Å². The summed E-state index contributed by atoms with van der Waals surface area (Å²) in [6.45, 7) is 7.81. The zero-order valence-electron chi connectivity index (χ0n) is 12.6. The molecule has 1 aromatic rings. The summed E-state index contributed by atoms with van der Waals surface area (Å²) >= 11 is 0. The Morgan fingerprint density at radius 1 is 1.33 bits per heavy atom. The van der Waals surface area contributed by atoms with Crippen LogP contribution in [0.3, 0.4) is 0 Å². The normalized spacial score (nSPS) is 25.6. The van der Waals surface area contributed by atoms with Gasteiger partial charge >= 0.3 is 0 Å². The lowest BCUT2D eigenvalue weighted by Crippen LogP contribution is -2.69. The maximum atomic E-state index is 12.7. The summed E-state index contributed by atoms with van der Waals surface area (Å²) in [6, 6.07) is 9.22. The van der Waals surface area contributed by atoms with Gasteiger partial charge in [0, 0.05) is 13.0 Å². The third-order valence-electron chi connectivity index (χ3n) is 4.24. The number of carbonyl (C=O) groups excluding carboxylic acids is 2. The molecule has 4 heteroatoms. The topological polar surface area (TPSA) is 49.4 Å². The molecule has 0 aromatic heterocycles. The smallest absolute Gasteiger partial charge is 0.246 e. The molecule has 1 heterocycles. The molecule has 112 valence electrons. The van der Waals surface area contributed by atoms with Gasteiger partial charge in [0.1, 0.15) is 11.6 Å². The highest BCUT2D eigenvalue weighted by atomic mass is 16.2. The molecule has 4 nitrogen and oxygen atoms in total. The maximum Gasteiger partial charge on any atom is 0.246 e. The van der Waals surface area contributed by atoms with Crippen LogP contribution in [0.5, 0.6) is 0 Å². The minimum atomic E-state index is -0.793. The number of carbonyl (C=O) groups is 2. The molecule has 2 unspecified atom stereocenters. The van der Waals surface area contributed by atoms with Crippen molar-refractivity contribution in [2.24, 2.45) is 0 Å². The van der Waals surface area contributed by atoms with Crippen LogP contribution >= 0.6 is 0 Å². The first-order valence-electron chi connectivity index (χ1n) is 7.30. The first-order chi connectivity index (χ1) is 10.0. The molecule has 0 spiro atoms. The van der Waals surface area contributed by atoms with Crippen LogP contribution in [0.15, 0.2) is 43.0 Å². The first kappa shape index (κ1) is 15.3. The molecule has 0 aliphatic carbocycles. The van der Waals surface area contributed by atoms with E-state index in [1.54, 1.807) is 11.0 Å². The van der Waals surface area contributed by atoms with Crippen LogP contribution in [0.25, 0.3) is 0 Å². The van der Waals surface area contributed by atoms with Crippen LogP contribution in [0, 0.1) is 0 Å². The van der Waals surface area contributed by atoms with Gasteiger partial charge in [-0.2, -0.15) is 0 Å². The zero-order valence-corrected chi connectivity index (χ0v) is 12.6. The average Bonchev–Trinajstić information content (AvgIpc) is 2.50. The van der Waals surface area contributed by atoms with Crippen LogP contribution in [0.4, 0.5) is 0 Å². The molecule has 1 aliphatic heterocycles. The highest BCUT2D eigenvalue weighted by molar-refractivity contribution is 5.99. The fourth-order valence-corrected chi connectivity index (χ4v) is 2.69. The average molecular weight is 286 g/mol. The lowest BCUT2D eigenvalue weighted by molar-refractivity contribution is -0.155. The van der Waals surface area contributed by atoms with Gasteiger partial charge in [-0.25, -0.2) is 0 Å². The van der Waals surface area contributed by atoms with Crippen molar-refractivity contribution in [2.45, 2.75) is 38.3 Å². The summed E-state index contributed by atoms with van der Waals surface area (Å²) in [7, 11) is 0. The fraction of sp³-hybridized carbons (Fsp3) is 0.412. The van der Waals surface area contributed by atoms with Crippen molar-refractivity contribution in [3.8, 4) is 0 Å². The van der Waals surface area contributed by atoms with E-state index in [4.69, 9.17) is 0 Å². The van der Waals surface area contributed by atoms with E-state index in [-0.39, 0.29) is 11.8 Å². The zero-order chi connectivity index (χ0) is 15.5. The molecule has 1 fully saturated rings. The SMILES string of the molecule is C=CCN1C(=O)C(Cc2ccccc2)NC(=O)C1(C)CC. The second-order valence-corrected chi connectivity index (χ2v) is 5.58. The van der Waals surface area contributed by atoms with Crippen molar-refractivity contribution in [1.82, 2.24) is 10.2 Å². The Labute approximate surface area is 125 Å². The van der Waals surface area contributed by atoms with Crippen LogP contribution in [-0.2, 0) is 16.0 Å². The quantitative estimate of drug-likeness (QED) is 0.841. The lowest BCUT2D eigenvalue weighted by Gasteiger charge is -2.45. The van der Waals surface area contributed by atoms with Crippen molar-refractivity contribution in [1.29, 1.82) is 0 Å². The molecular formula is C17H22N2O2. The molecule has 2 atom stereocenters. The number of nitrogens with one attached hydrogen (secondary N) is 1. The fourth-order valence-electron chi connectivity index (χ4n) is 2.69. The number of nitrogens with zero attached hydrogens (tertiary/aromatic N) is 1. The molecule has 0 radical (unpaired) electrons. The highest BCUT2D eigenvalue weighted by Crippen LogP contribution is 2.25. The van der Waals surface area contributed by atoms with Crippen LogP contribution in [0.1, 0.15) is 25.8 Å². The summed E-state index contributed by atoms with van der Waals surface area (Å²) in [4.78, 5) is 26.8. The van der Waals surface area contributed by atoms with Gasteiger partial charge in [0.2, 0.25) is 11.8 Å². The molecule has 1 aromatic carbocycles. The Bertz CT molecular complexity index is 541. The van der Waals surface area contributed by atoms with Gasteiger partial charge in [-0.1, -0.05) is 43.3 Å². The molecule has 1 saturated heterocycles. The van der Waals surface area contributed by atoms with Crippen molar-refractivity contribution < 1.29 is 9.59 Å². The number of hydrogen-bond acceptors (Lipinski definition) is 2. The summed E-state index contributed by atoms with van der Waals surface area (Å²) in [5.41, 5.74) is 0.244. The Morgan fingerprint density at radius 3 is 2.57 bits per heavy atom. The summed E-state index contributed by atoms with van der Waals surface area (Å²) < 4.78 is 0. The van der Waals surface area contributed by atoms with Crippen molar-refractivity contribution in [3.05, 3.63) is 48.6 Å². The third kappa shape index (κ3) is 2.84. The van der Waals surface area contributed by atoms with E-state index in [0.29, 0.717) is 19.4 Å². The number of rotatable bonds is 5. The van der Waals surface area contributed by atoms with E-state index >= 15 is 0 Å². The first-order valence-corrected chi connectivity index (χ1v) is 7.30. The largest absolute Gasteiger partial charge is 0.342 e. The van der Waals surface area contributed by atoms with Gasteiger partial charge < -0.3 is 10.2 Å². The van der Waals surface area contributed by atoms with Crippen molar-refractivity contribution in [3.63, 3.8) is 0 Å². The molecule has 1 aliphatic rings. The Balaban J connectivity index is 2.24. The van der Waals surface area contributed by atoms with Gasteiger partial charge in [0.05, 0.1) is 0 Å². The van der Waals surface area contributed by atoms with E-state index in [1.165, 1.54) is 0 Å². The molecule has 2 amide bonds. The minimum Gasteiger partial charge on any atom is -0.342 e. The minimum absolute atomic E-state index is 0.0392. The number of amides is 2. The number of piperazine rings is 1. The number of benzene rings is 1. The molecule has 0 bridgehead atoms. The van der Waals surface area contributed by atoms with Gasteiger partial charge in [-0.3, -0.25) is 9.59 Å². The van der Waals surface area contributed by atoms with Gasteiger partial charge in [-0.15, -0.1) is 6.58 Å². The maximum absolute atomic E-state index is 12.7. The summed E-state index contributed by atoms with van der Waals surface area (Å²) in [5.74, 6) is -0.130. The van der Waals surface area contributed by atoms with Gasteiger partial charge in [0.15, 0.2) is 0 Å². The summed E-state index contributed by atoms with van der Waals surface area (Å²) in [6.07, 6.45) is 2.76. The standard InChI is InChI=1S/C17H22N2O2/c1-4-11-19-15(20)14(12-13-9-7-6-8-10-13)18-16(21)17(19,3)5-2/h4,6-10,14H,1,5,11-12H2,2-3H3,(H,18,21). The highest BCUT2D eigenvalue weighted by Gasteiger charge is 2.47. The van der Waals surface area contributed by atoms with E-state index < -0.39 is 11.6 Å². The predicted octanol–water partition coefficient (Wildman–Crippen LogP) is 1.91. The van der Waals surface area contributed by atoms with Crippen LogP contribution in [0.2, 0.25) is 0 Å². The van der Waals surface area contributed by atoms with E-state index in [9.17, 15) is 9.59 Å². The van der Waals surface area contributed by atoms with Crippen molar-refractivity contribution >= 4 is 11.8 Å². The molecular weight excluding hydrogens is 264 g/mol. The number of hydrogen-bond donors (Lipinski definition) is 1. The predicted molar refractivity (Wildman–Crippen MR) is 82.7 cm³/mol. The van der Waals surface area contributed by atoms with Gasteiger partial charge in [-0.05, 0) is 18.9 Å². The molecule has 2 rings (SSSR count). The van der Waals surface area contributed by atoms with Crippen LogP contribution in [-0.4, -0.2) is 34.8 Å². The Morgan fingerprint density at radius 2 is 2.00 bits per heavy atom. The Kier molecular flexibility index (Phi) is 4.46. The van der Waals surface area contributed by atoms with E-state index in [1.807, 2.05) is 44.2 Å². The third-order valence-corrected chi connectivity index (χ3v) is 4.24. The monoisotopic (exact) mass is 286 g/mol. The second-order valence-electron chi connectivity index (χ2n) is 5.58.